The van der Waals surface area contributed by atoms with Gasteiger partial charge in [0.2, 0.25) is 5.75 Å². The van der Waals surface area contributed by atoms with Crippen molar-refractivity contribution in [2.75, 3.05) is 60.7 Å². The van der Waals surface area contributed by atoms with Crippen LogP contribution in [0.1, 0.15) is 5.56 Å². The van der Waals surface area contributed by atoms with Crippen LogP contribution in [0.5, 0.6) is 23.0 Å². The molecule has 2 aromatic carbocycles. The molecule has 0 unspecified atom stereocenters. The Balaban J connectivity index is 1.48. The summed E-state index contributed by atoms with van der Waals surface area (Å²) < 4.78 is 22.3. The molecular formula is C22H29ClN2O4. The Morgan fingerprint density at radius 3 is 2.07 bits per heavy atom. The van der Waals surface area contributed by atoms with Crippen LogP contribution in [0.2, 0.25) is 5.02 Å². The van der Waals surface area contributed by atoms with Gasteiger partial charge in [-0.05, 0) is 30.3 Å². The molecule has 0 N–H and O–H groups in total. The Morgan fingerprint density at radius 1 is 0.793 bits per heavy atom. The minimum absolute atomic E-state index is 0.644. The van der Waals surface area contributed by atoms with E-state index in [0.717, 1.165) is 61.4 Å². The summed E-state index contributed by atoms with van der Waals surface area (Å²) in [6, 6.07) is 11.5. The largest absolute Gasteiger partial charge is 0.493 e. The predicted molar refractivity (Wildman–Crippen MR) is 115 cm³/mol. The van der Waals surface area contributed by atoms with E-state index in [1.807, 2.05) is 36.4 Å². The van der Waals surface area contributed by atoms with Gasteiger partial charge in [-0.1, -0.05) is 17.7 Å². The van der Waals surface area contributed by atoms with Crippen LogP contribution in [0.15, 0.2) is 36.4 Å². The SMILES string of the molecule is COc1ccc(CN2CCN(CCOc3ccc(Cl)cc3)CC2)c(OC)c1OC. The Hall–Kier alpha value is -2.15. The first-order chi connectivity index (χ1) is 14.1. The molecule has 0 saturated carbocycles. The van der Waals surface area contributed by atoms with Crippen molar-refractivity contribution in [2.45, 2.75) is 6.54 Å². The van der Waals surface area contributed by atoms with E-state index in [1.54, 1.807) is 21.3 Å². The van der Waals surface area contributed by atoms with Crippen LogP contribution in [0.3, 0.4) is 0 Å². The quantitative estimate of drug-likeness (QED) is 0.618. The molecule has 1 saturated heterocycles. The summed E-state index contributed by atoms with van der Waals surface area (Å²) >= 11 is 5.90. The van der Waals surface area contributed by atoms with Crippen molar-refractivity contribution in [1.29, 1.82) is 0 Å². The van der Waals surface area contributed by atoms with E-state index in [1.165, 1.54) is 0 Å². The lowest BCUT2D eigenvalue weighted by molar-refractivity contribution is 0.112. The second-order valence-corrected chi connectivity index (χ2v) is 7.35. The highest BCUT2D eigenvalue weighted by atomic mass is 35.5. The molecule has 1 fully saturated rings. The van der Waals surface area contributed by atoms with Gasteiger partial charge in [-0.25, -0.2) is 0 Å². The third-order valence-electron chi connectivity index (χ3n) is 5.13. The number of rotatable bonds is 9. The minimum Gasteiger partial charge on any atom is -0.493 e. The number of benzene rings is 2. The van der Waals surface area contributed by atoms with E-state index >= 15 is 0 Å². The van der Waals surface area contributed by atoms with Crippen molar-refractivity contribution < 1.29 is 18.9 Å². The Bertz CT molecular complexity index is 777. The molecule has 6 nitrogen and oxygen atoms in total. The predicted octanol–water partition coefficient (Wildman–Crippen LogP) is 3.56. The summed E-state index contributed by atoms with van der Waals surface area (Å²) in [6.07, 6.45) is 0. The van der Waals surface area contributed by atoms with Gasteiger partial charge in [-0.2, -0.15) is 0 Å². The number of nitrogens with zero attached hydrogens (tertiary/aromatic N) is 2. The maximum absolute atomic E-state index is 5.90. The maximum Gasteiger partial charge on any atom is 0.203 e. The van der Waals surface area contributed by atoms with Crippen molar-refractivity contribution in [2.24, 2.45) is 0 Å². The van der Waals surface area contributed by atoms with E-state index in [0.29, 0.717) is 18.1 Å². The molecule has 2 aromatic rings. The Morgan fingerprint density at radius 2 is 1.45 bits per heavy atom. The number of piperazine rings is 1. The number of ether oxygens (including phenoxy) is 4. The van der Waals surface area contributed by atoms with Crippen molar-refractivity contribution in [1.82, 2.24) is 9.80 Å². The lowest BCUT2D eigenvalue weighted by Crippen LogP contribution is -2.47. The highest BCUT2D eigenvalue weighted by Crippen LogP contribution is 2.40. The van der Waals surface area contributed by atoms with Crippen molar-refractivity contribution >= 4 is 11.6 Å². The Kier molecular flexibility index (Phi) is 7.86. The molecule has 158 valence electrons. The maximum atomic E-state index is 5.90. The standard InChI is InChI=1S/C22H29ClN2O4/c1-26-20-9-4-17(21(27-2)22(20)28-3)16-25-12-10-24(11-13-25)14-15-29-19-7-5-18(23)6-8-19/h4-9H,10-16H2,1-3H3. The second-order valence-electron chi connectivity index (χ2n) is 6.91. The molecule has 0 spiro atoms. The van der Waals surface area contributed by atoms with E-state index in [2.05, 4.69) is 9.80 Å². The van der Waals surface area contributed by atoms with Gasteiger partial charge in [-0.3, -0.25) is 9.80 Å². The smallest absolute Gasteiger partial charge is 0.203 e. The molecule has 0 aromatic heterocycles. The number of halogens is 1. The molecule has 0 bridgehead atoms. The zero-order chi connectivity index (χ0) is 20.6. The summed E-state index contributed by atoms with van der Waals surface area (Å²) in [5, 5.41) is 0.722. The summed E-state index contributed by atoms with van der Waals surface area (Å²) in [5.41, 5.74) is 1.10. The lowest BCUT2D eigenvalue weighted by Gasteiger charge is -2.34. The first kappa shape index (κ1) is 21.6. The monoisotopic (exact) mass is 420 g/mol. The molecular weight excluding hydrogens is 392 g/mol. The van der Waals surface area contributed by atoms with Gasteiger partial charge in [0.25, 0.3) is 0 Å². The third kappa shape index (κ3) is 5.69. The van der Waals surface area contributed by atoms with E-state index < -0.39 is 0 Å². The summed E-state index contributed by atoms with van der Waals surface area (Å²) in [6.45, 7) is 6.43. The average molecular weight is 421 g/mol. The zero-order valence-corrected chi connectivity index (χ0v) is 18.1. The first-order valence-corrected chi connectivity index (χ1v) is 10.1. The zero-order valence-electron chi connectivity index (χ0n) is 17.3. The van der Waals surface area contributed by atoms with Gasteiger partial charge in [-0.15, -0.1) is 0 Å². The highest BCUT2D eigenvalue weighted by molar-refractivity contribution is 6.30. The van der Waals surface area contributed by atoms with Crippen LogP contribution in [0, 0.1) is 0 Å². The van der Waals surface area contributed by atoms with Crippen LogP contribution < -0.4 is 18.9 Å². The third-order valence-corrected chi connectivity index (χ3v) is 5.39. The van der Waals surface area contributed by atoms with Crippen LogP contribution in [-0.4, -0.2) is 70.5 Å². The van der Waals surface area contributed by atoms with Crippen molar-refractivity contribution in [3.8, 4) is 23.0 Å². The van der Waals surface area contributed by atoms with Crippen molar-refractivity contribution in [3.63, 3.8) is 0 Å². The van der Waals surface area contributed by atoms with Crippen LogP contribution in [0.25, 0.3) is 0 Å². The summed E-state index contributed by atoms with van der Waals surface area (Å²) in [4.78, 5) is 4.86. The van der Waals surface area contributed by atoms with E-state index in [4.69, 9.17) is 30.5 Å². The molecule has 7 heteroatoms. The summed E-state index contributed by atoms with van der Waals surface area (Å²) in [5.74, 6) is 2.92. The van der Waals surface area contributed by atoms with Crippen LogP contribution in [0.4, 0.5) is 0 Å². The highest BCUT2D eigenvalue weighted by Gasteiger charge is 2.21. The lowest BCUT2D eigenvalue weighted by atomic mass is 10.1. The fraction of sp³-hybridized carbons (Fsp3) is 0.455. The molecule has 1 aliphatic heterocycles. The molecule has 0 amide bonds. The molecule has 0 radical (unpaired) electrons. The van der Waals surface area contributed by atoms with Gasteiger partial charge in [0.15, 0.2) is 11.5 Å². The average Bonchev–Trinajstić information content (AvgIpc) is 2.75. The second kappa shape index (κ2) is 10.6. The topological polar surface area (TPSA) is 43.4 Å². The summed E-state index contributed by atoms with van der Waals surface area (Å²) in [7, 11) is 4.93. The Labute approximate surface area is 177 Å². The fourth-order valence-electron chi connectivity index (χ4n) is 3.52. The number of hydrogen-bond donors (Lipinski definition) is 0. The fourth-order valence-corrected chi connectivity index (χ4v) is 3.65. The molecule has 29 heavy (non-hydrogen) atoms. The van der Waals surface area contributed by atoms with Gasteiger partial charge in [0.05, 0.1) is 21.3 Å². The molecule has 0 atom stereocenters. The minimum atomic E-state index is 0.644. The van der Waals surface area contributed by atoms with Crippen LogP contribution in [-0.2, 0) is 6.54 Å². The van der Waals surface area contributed by atoms with Gasteiger partial charge < -0.3 is 18.9 Å². The van der Waals surface area contributed by atoms with E-state index in [9.17, 15) is 0 Å². The molecule has 3 rings (SSSR count). The number of hydrogen-bond acceptors (Lipinski definition) is 6. The van der Waals surface area contributed by atoms with Crippen LogP contribution >= 0.6 is 11.6 Å². The molecule has 1 heterocycles. The normalized spacial score (nSPS) is 15.2. The van der Waals surface area contributed by atoms with Gasteiger partial charge >= 0.3 is 0 Å². The van der Waals surface area contributed by atoms with E-state index in [-0.39, 0.29) is 0 Å². The van der Waals surface area contributed by atoms with Crippen molar-refractivity contribution in [3.05, 3.63) is 47.0 Å². The molecule has 0 aliphatic carbocycles. The van der Waals surface area contributed by atoms with Gasteiger partial charge in [0.1, 0.15) is 12.4 Å². The number of methoxy groups -OCH3 is 3. The first-order valence-electron chi connectivity index (χ1n) is 9.75. The van der Waals surface area contributed by atoms with Gasteiger partial charge in [0, 0.05) is 49.9 Å². The molecule has 1 aliphatic rings.